The Morgan fingerprint density at radius 1 is 0.409 bits per heavy atom. The van der Waals surface area contributed by atoms with E-state index in [1.807, 2.05) is 42.5 Å². The van der Waals surface area contributed by atoms with Crippen molar-refractivity contribution in [3.05, 3.63) is 170 Å². The first-order valence-corrected chi connectivity index (χ1v) is 14.8. The molecule has 0 unspecified atom stereocenters. The van der Waals surface area contributed by atoms with Crippen LogP contribution in [-0.4, -0.2) is 4.98 Å². The van der Waals surface area contributed by atoms with Crippen molar-refractivity contribution < 1.29 is 4.42 Å². The van der Waals surface area contributed by atoms with Gasteiger partial charge in [0, 0.05) is 28.2 Å². The van der Waals surface area contributed by atoms with Crippen molar-refractivity contribution >= 4 is 38.9 Å². The molecule has 0 spiro atoms. The summed E-state index contributed by atoms with van der Waals surface area (Å²) in [5.74, 6) is 0.631. The van der Waals surface area contributed by atoms with E-state index in [0.29, 0.717) is 5.89 Å². The van der Waals surface area contributed by atoms with E-state index in [2.05, 4.69) is 132 Å². The van der Waals surface area contributed by atoms with E-state index in [-0.39, 0.29) is 0 Å². The maximum Gasteiger partial charge on any atom is 0.227 e. The van der Waals surface area contributed by atoms with Crippen LogP contribution in [0.4, 0.5) is 17.1 Å². The van der Waals surface area contributed by atoms with E-state index in [0.717, 1.165) is 44.9 Å². The second-order valence-corrected chi connectivity index (χ2v) is 10.9. The van der Waals surface area contributed by atoms with Crippen LogP contribution in [0.2, 0.25) is 0 Å². The predicted octanol–water partition coefficient (Wildman–Crippen LogP) is 11.5. The molecule has 0 fully saturated rings. The SMILES string of the molecule is c1ccc(-c2nc3cccc(-c4ccc(N(c5ccccc5)c5cccc(-c6ccc7ccccc7c6)c5)cc4)c3o2)cc1. The number of oxazole rings is 1. The van der Waals surface area contributed by atoms with Gasteiger partial charge < -0.3 is 9.32 Å². The maximum atomic E-state index is 6.32. The third-order valence-corrected chi connectivity index (χ3v) is 8.07. The molecule has 208 valence electrons. The Labute approximate surface area is 256 Å². The summed E-state index contributed by atoms with van der Waals surface area (Å²) in [6.45, 7) is 0. The van der Waals surface area contributed by atoms with Crippen molar-refractivity contribution in [2.45, 2.75) is 0 Å². The molecule has 0 atom stereocenters. The first kappa shape index (κ1) is 25.8. The number of aromatic nitrogens is 1. The second kappa shape index (κ2) is 11.0. The van der Waals surface area contributed by atoms with Crippen LogP contribution in [0.15, 0.2) is 174 Å². The molecule has 44 heavy (non-hydrogen) atoms. The number of rotatable bonds is 6. The van der Waals surface area contributed by atoms with E-state index in [4.69, 9.17) is 9.40 Å². The van der Waals surface area contributed by atoms with Crippen LogP contribution in [0, 0.1) is 0 Å². The van der Waals surface area contributed by atoms with Crippen LogP contribution < -0.4 is 4.90 Å². The van der Waals surface area contributed by atoms with Crippen molar-refractivity contribution in [3.63, 3.8) is 0 Å². The third-order valence-electron chi connectivity index (χ3n) is 8.07. The fraction of sp³-hybridized carbons (Fsp3) is 0. The Morgan fingerprint density at radius 3 is 1.84 bits per heavy atom. The number of hydrogen-bond acceptors (Lipinski definition) is 3. The van der Waals surface area contributed by atoms with Crippen LogP contribution in [0.5, 0.6) is 0 Å². The molecule has 0 radical (unpaired) electrons. The first-order valence-electron chi connectivity index (χ1n) is 14.8. The number of para-hydroxylation sites is 2. The van der Waals surface area contributed by atoms with E-state index in [1.165, 1.54) is 21.9 Å². The highest BCUT2D eigenvalue weighted by Crippen LogP contribution is 2.39. The summed E-state index contributed by atoms with van der Waals surface area (Å²) >= 11 is 0. The quantitative estimate of drug-likeness (QED) is 0.201. The second-order valence-electron chi connectivity index (χ2n) is 10.9. The molecule has 0 N–H and O–H groups in total. The normalized spacial score (nSPS) is 11.2. The Kier molecular flexibility index (Phi) is 6.47. The van der Waals surface area contributed by atoms with E-state index in [1.54, 1.807) is 0 Å². The molecule has 8 aromatic rings. The van der Waals surface area contributed by atoms with Crippen molar-refractivity contribution in [1.29, 1.82) is 0 Å². The molecule has 0 aliphatic carbocycles. The Bertz CT molecular complexity index is 2220. The van der Waals surface area contributed by atoms with Gasteiger partial charge in [0.1, 0.15) is 5.52 Å². The number of fused-ring (bicyclic) bond motifs is 2. The van der Waals surface area contributed by atoms with Crippen molar-refractivity contribution in [3.8, 4) is 33.7 Å². The zero-order valence-corrected chi connectivity index (χ0v) is 24.0. The molecule has 0 saturated heterocycles. The standard InChI is InChI=1S/C41H28N2O/c1-3-12-31(13-4-1)41-42-39-20-10-19-38(40(39)44-41)30-23-25-36(26-24-30)43(35-16-5-2-6-17-35)37-18-9-15-33(28-37)34-22-21-29-11-7-8-14-32(29)27-34/h1-28H. The van der Waals surface area contributed by atoms with E-state index >= 15 is 0 Å². The lowest BCUT2D eigenvalue weighted by molar-refractivity contribution is 0.621. The van der Waals surface area contributed by atoms with Gasteiger partial charge in [-0.15, -0.1) is 0 Å². The van der Waals surface area contributed by atoms with Crippen molar-refractivity contribution in [1.82, 2.24) is 4.98 Å². The van der Waals surface area contributed by atoms with Crippen LogP contribution in [-0.2, 0) is 0 Å². The van der Waals surface area contributed by atoms with Gasteiger partial charge in [-0.2, -0.15) is 0 Å². The van der Waals surface area contributed by atoms with Crippen LogP contribution >= 0.6 is 0 Å². The van der Waals surface area contributed by atoms with Gasteiger partial charge in [-0.25, -0.2) is 4.98 Å². The van der Waals surface area contributed by atoms with E-state index in [9.17, 15) is 0 Å². The summed E-state index contributed by atoms with van der Waals surface area (Å²) in [6.07, 6.45) is 0. The van der Waals surface area contributed by atoms with Gasteiger partial charge in [0.05, 0.1) is 0 Å². The Hall–Kier alpha value is -5.93. The largest absolute Gasteiger partial charge is 0.435 e. The number of nitrogens with zero attached hydrogens (tertiary/aromatic N) is 2. The Morgan fingerprint density at radius 2 is 1.02 bits per heavy atom. The molecule has 1 aromatic heterocycles. The van der Waals surface area contributed by atoms with E-state index < -0.39 is 0 Å². The number of benzene rings is 7. The molecule has 8 rings (SSSR count). The highest BCUT2D eigenvalue weighted by atomic mass is 16.3. The summed E-state index contributed by atoms with van der Waals surface area (Å²) in [5, 5.41) is 2.49. The molecule has 1 heterocycles. The monoisotopic (exact) mass is 564 g/mol. The fourth-order valence-corrected chi connectivity index (χ4v) is 5.89. The molecule has 0 aliphatic heterocycles. The molecule has 0 amide bonds. The lowest BCUT2D eigenvalue weighted by atomic mass is 10.00. The minimum absolute atomic E-state index is 0.631. The predicted molar refractivity (Wildman–Crippen MR) is 183 cm³/mol. The number of hydrogen-bond donors (Lipinski definition) is 0. The zero-order chi connectivity index (χ0) is 29.3. The van der Waals surface area contributed by atoms with Crippen LogP contribution in [0.1, 0.15) is 0 Å². The van der Waals surface area contributed by atoms with Gasteiger partial charge in [0.25, 0.3) is 0 Å². The summed E-state index contributed by atoms with van der Waals surface area (Å²) in [4.78, 5) is 7.07. The van der Waals surface area contributed by atoms with Gasteiger partial charge in [0.2, 0.25) is 5.89 Å². The minimum Gasteiger partial charge on any atom is -0.435 e. The van der Waals surface area contributed by atoms with Crippen LogP contribution in [0.25, 0.3) is 55.6 Å². The van der Waals surface area contributed by atoms with Gasteiger partial charge in [0.15, 0.2) is 5.58 Å². The summed E-state index contributed by atoms with van der Waals surface area (Å²) in [7, 11) is 0. The smallest absolute Gasteiger partial charge is 0.227 e. The summed E-state index contributed by atoms with van der Waals surface area (Å²) in [5.41, 5.74) is 10.4. The highest BCUT2D eigenvalue weighted by molar-refractivity contribution is 5.92. The Balaban J connectivity index is 1.18. The molecule has 3 nitrogen and oxygen atoms in total. The van der Waals surface area contributed by atoms with Gasteiger partial charge in [-0.1, -0.05) is 109 Å². The average Bonchev–Trinajstić information content (AvgIpc) is 3.55. The highest BCUT2D eigenvalue weighted by Gasteiger charge is 2.16. The molecule has 0 saturated carbocycles. The topological polar surface area (TPSA) is 29.3 Å². The summed E-state index contributed by atoms with van der Waals surface area (Å²) in [6, 6.07) is 59.3. The molecule has 3 heteroatoms. The maximum absolute atomic E-state index is 6.32. The zero-order valence-electron chi connectivity index (χ0n) is 24.0. The average molecular weight is 565 g/mol. The lowest BCUT2D eigenvalue weighted by Gasteiger charge is -2.26. The summed E-state index contributed by atoms with van der Waals surface area (Å²) < 4.78 is 6.32. The molecule has 0 bridgehead atoms. The van der Waals surface area contributed by atoms with Gasteiger partial charge >= 0.3 is 0 Å². The fourth-order valence-electron chi connectivity index (χ4n) is 5.89. The minimum atomic E-state index is 0.631. The molecular weight excluding hydrogens is 536 g/mol. The van der Waals surface area contributed by atoms with Crippen molar-refractivity contribution in [2.75, 3.05) is 4.90 Å². The third kappa shape index (κ3) is 4.81. The molecular formula is C41H28N2O. The molecule has 0 aliphatic rings. The molecule has 7 aromatic carbocycles. The van der Waals surface area contributed by atoms with Gasteiger partial charge in [-0.05, 0) is 88.1 Å². The number of anilines is 3. The first-order chi connectivity index (χ1) is 21.8. The van der Waals surface area contributed by atoms with Gasteiger partial charge in [-0.3, -0.25) is 0 Å². The lowest BCUT2D eigenvalue weighted by Crippen LogP contribution is -2.09. The van der Waals surface area contributed by atoms with Crippen molar-refractivity contribution in [2.24, 2.45) is 0 Å². The van der Waals surface area contributed by atoms with Crippen LogP contribution in [0.3, 0.4) is 0 Å².